The molecule has 0 aliphatic carbocycles. The van der Waals surface area contributed by atoms with Gasteiger partial charge in [-0.25, -0.2) is 0 Å². The Morgan fingerprint density at radius 1 is 1.46 bits per heavy atom. The largest absolute Gasteiger partial charge is 0.353 e. The summed E-state index contributed by atoms with van der Waals surface area (Å²) in [5.41, 5.74) is 0. The predicted molar refractivity (Wildman–Crippen MR) is 46.1 cm³/mol. The van der Waals surface area contributed by atoms with Gasteiger partial charge in [0.05, 0.1) is 13.2 Å². The maximum absolute atomic E-state index is 11.2. The number of rotatable bonds is 0. The van der Waals surface area contributed by atoms with Gasteiger partial charge >= 0.3 is 0 Å². The summed E-state index contributed by atoms with van der Waals surface area (Å²) in [6, 6.07) is 0.146. The number of ether oxygens (including phenoxy) is 2. The molecule has 0 radical (unpaired) electrons. The molecule has 0 bridgehead atoms. The maximum atomic E-state index is 11.2. The molecule has 13 heavy (non-hydrogen) atoms. The summed E-state index contributed by atoms with van der Waals surface area (Å²) in [6.07, 6.45) is 1.95. The number of nitrogens with one attached hydrogen (secondary N) is 1. The standard InChI is InChI=1S/C9H15NO3/c1-7-6-9(12-4-5-13-9)3-2-8(11)10-7/h7H,2-6H2,1H3,(H,10,11). The number of hydrogen-bond donors (Lipinski definition) is 1. The second-order valence-corrected chi connectivity index (χ2v) is 3.78. The molecule has 1 atom stereocenters. The van der Waals surface area contributed by atoms with Crippen LogP contribution in [0, 0.1) is 0 Å². The molecule has 2 aliphatic rings. The van der Waals surface area contributed by atoms with E-state index in [2.05, 4.69) is 5.32 Å². The van der Waals surface area contributed by atoms with Gasteiger partial charge < -0.3 is 14.8 Å². The second kappa shape index (κ2) is 3.27. The molecule has 1 spiro atoms. The highest BCUT2D eigenvalue weighted by molar-refractivity contribution is 5.76. The van der Waals surface area contributed by atoms with Crippen molar-refractivity contribution in [3.63, 3.8) is 0 Å². The lowest BCUT2D eigenvalue weighted by atomic mass is 10.0. The van der Waals surface area contributed by atoms with Crippen molar-refractivity contribution in [1.82, 2.24) is 5.32 Å². The van der Waals surface area contributed by atoms with Crippen LogP contribution in [-0.4, -0.2) is 30.9 Å². The van der Waals surface area contributed by atoms with Crippen LogP contribution in [0.5, 0.6) is 0 Å². The second-order valence-electron chi connectivity index (χ2n) is 3.78. The molecular weight excluding hydrogens is 170 g/mol. The molecule has 0 saturated carbocycles. The average molecular weight is 185 g/mol. The Labute approximate surface area is 77.6 Å². The number of carbonyl (C=O) groups is 1. The molecule has 4 nitrogen and oxygen atoms in total. The van der Waals surface area contributed by atoms with Gasteiger partial charge in [0.25, 0.3) is 0 Å². The molecule has 2 aliphatic heterocycles. The normalized spacial score (nSPS) is 33.0. The zero-order valence-corrected chi connectivity index (χ0v) is 7.84. The van der Waals surface area contributed by atoms with Gasteiger partial charge in [0.15, 0.2) is 5.79 Å². The molecular formula is C9H15NO3. The van der Waals surface area contributed by atoms with E-state index in [1.165, 1.54) is 0 Å². The van der Waals surface area contributed by atoms with Crippen molar-refractivity contribution in [3.8, 4) is 0 Å². The lowest BCUT2D eigenvalue weighted by Gasteiger charge is -2.26. The minimum atomic E-state index is -0.474. The Morgan fingerprint density at radius 3 is 2.85 bits per heavy atom. The van der Waals surface area contributed by atoms with Gasteiger partial charge in [-0.1, -0.05) is 0 Å². The summed E-state index contributed by atoms with van der Waals surface area (Å²) < 4.78 is 11.1. The highest BCUT2D eigenvalue weighted by Gasteiger charge is 2.40. The first-order chi connectivity index (χ1) is 6.20. The van der Waals surface area contributed by atoms with Crippen LogP contribution in [0.2, 0.25) is 0 Å². The van der Waals surface area contributed by atoms with E-state index in [-0.39, 0.29) is 11.9 Å². The summed E-state index contributed by atoms with van der Waals surface area (Å²) >= 11 is 0. The summed E-state index contributed by atoms with van der Waals surface area (Å²) in [7, 11) is 0. The van der Waals surface area contributed by atoms with Crippen LogP contribution in [-0.2, 0) is 14.3 Å². The van der Waals surface area contributed by atoms with Crippen LogP contribution in [0.15, 0.2) is 0 Å². The Hall–Kier alpha value is -0.610. The van der Waals surface area contributed by atoms with Crippen LogP contribution < -0.4 is 5.32 Å². The number of hydrogen-bond acceptors (Lipinski definition) is 3. The smallest absolute Gasteiger partial charge is 0.220 e. The molecule has 0 aromatic carbocycles. The lowest BCUT2D eigenvalue weighted by molar-refractivity contribution is -0.167. The fraction of sp³-hybridized carbons (Fsp3) is 0.889. The highest BCUT2D eigenvalue weighted by atomic mass is 16.7. The van der Waals surface area contributed by atoms with Gasteiger partial charge in [0.2, 0.25) is 5.91 Å². The number of carbonyl (C=O) groups excluding carboxylic acids is 1. The number of amides is 1. The first-order valence-corrected chi connectivity index (χ1v) is 4.77. The molecule has 2 fully saturated rings. The van der Waals surface area contributed by atoms with E-state index in [1.807, 2.05) is 6.92 Å². The third-order valence-electron chi connectivity index (χ3n) is 2.57. The van der Waals surface area contributed by atoms with Gasteiger partial charge in [-0.15, -0.1) is 0 Å². The van der Waals surface area contributed by atoms with Crippen molar-refractivity contribution in [2.24, 2.45) is 0 Å². The maximum Gasteiger partial charge on any atom is 0.220 e. The summed E-state index contributed by atoms with van der Waals surface area (Å²) in [6.45, 7) is 3.29. The molecule has 1 N–H and O–H groups in total. The van der Waals surface area contributed by atoms with Crippen LogP contribution >= 0.6 is 0 Å². The highest BCUT2D eigenvalue weighted by Crippen LogP contribution is 2.31. The Morgan fingerprint density at radius 2 is 2.15 bits per heavy atom. The third-order valence-corrected chi connectivity index (χ3v) is 2.57. The average Bonchev–Trinajstić information content (AvgIpc) is 2.44. The molecule has 0 aromatic rings. The summed E-state index contributed by atoms with van der Waals surface area (Å²) in [4.78, 5) is 11.2. The van der Waals surface area contributed by atoms with Crippen molar-refractivity contribution in [2.45, 2.75) is 38.0 Å². The van der Waals surface area contributed by atoms with Crippen LogP contribution in [0.3, 0.4) is 0 Å². The Kier molecular flexibility index (Phi) is 2.26. The molecule has 2 rings (SSSR count). The summed E-state index contributed by atoms with van der Waals surface area (Å²) in [5.74, 6) is -0.373. The van der Waals surface area contributed by atoms with Crippen molar-refractivity contribution >= 4 is 5.91 Å². The molecule has 0 aromatic heterocycles. The zero-order valence-electron chi connectivity index (χ0n) is 7.84. The van der Waals surface area contributed by atoms with Crippen LogP contribution in [0.25, 0.3) is 0 Å². The van der Waals surface area contributed by atoms with Gasteiger partial charge in [0.1, 0.15) is 0 Å². The Bertz CT molecular complexity index is 211. The van der Waals surface area contributed by atoms with E-state index in [0.717, 1.165) is 6.42 Å². The predicted octanol–water partition coefficient (Wildman–Crippen LogP) is 0.418. The quantitative estimate of drug-likeness (QED) is 0.595. The van der Waals surface area contributed by atoms with E-state index >= 15 is 0 Å². The third kappa shape index (κ3) is 1.84. The molecule has 4 heteroatoms. The lowest BCUT2D eigenvalue weighted by Crippen LogP contribution is -2.36. The topological polar surface area (TPSA) is 47.6 Å². The van der Waals surface area contributed by atoms with Crippen molar-refractivity contribution < 1.29 is 14.3 Å². The van der Waals surface area contributed by atoms with Gasteiger partial charge in [0, 0.05) is 25.3 Å². The fourth-order valence-electron chi connectivity index (χ4n) is 2.03. The van der Waals surface area contributed by atoms with Crippen molar-refractivity contribution in [1.29, 1.82) is 0 Å². The fourth-order valence-corrected chi connectivity index (χ4v) is 2.03. The van der Waals surface area contributed by atoms with Gasteiger partial charge in [-0.3, -0.25) is 4.79 Å². The first kappa shape index (κ1) is 8.97. The zero-order chi connectivity index (χ0) is 9.31. The van der Waals surface area contributed by atoms with Crippen molar-refractivity contribution in [2.75, 3.05) is 13.2 Å². The van der Waals surface area contributed by atoms with Crippen LogP contribution in [0.1, 0.15) is 26.2 Å². The van der Waals surface area contributed by atoms with E-state index in [9.17, 15) is 4.79 Å². The summed E-state index contributed by atoms with van der Waals surface area (Å²) in [5, 5.41) is 2.89. The SMILES string of the molecule is CC1CC2(CCC(=O)N1)OCCO2. The van der Waals surface area contributed by atoms with Crippen LogP contribution in [0.4, 0.5) is 0 Å². The van der Waals surface area contributed by atoms with E-state index in [4.69, 9.17) is 9.47 Å². The minimum absolute atomic E-state index is 0.100. The Balaban J connectivity index is 2.07. The van der Waals surface area contributed by atoms with E-state index in [1.54, 1.807) is 0 Å². The minimum Gasteiger partial charge on any atom is -0.353 e. The van der Waals surface area contributed by atoms with Gasteiger partial charge in [-0.05, 0) is 6.92 Å². The first-order valence-electron chi connectivity index (χ1n) is 4.77. The van der Waals surface area contributed by atoms with Gasteiger partial charge in [-0.2, -0.15) is 0 Å². The van der Waals surface area contributed by atoms with E-state index in [0.29, 0.717) is 26.1 Å². The van der Waals surface area contributed by atoms with Crippen molar-refractivity contribution in [3.05, 3.63) is 0 Å². The molecule has 2 saturated heterocycles. The molecule has 1 amide bonds. The monoisotopic (exact) mass is 185 g/mol. The molecule has 74 valence electrons. The van der Waals surface area contributed by atoms with E-state index < -0.39 is 5.79 Å². The molecule has 2 heterocycles. The molecule has 1 unspecified atom stereocenters.